The van der Waals surface area contributed by atoms with Crippen molar-refractivity contribution in [2.45, 2.75) is 31.2 Å². The molecule has 0 spiro atoms. The number of rotatable bonds is 3. The topological polar surface area (TPSA) is 49.5 Å². The first kappa shape index (κ1) is 13.5. The molecule has 3 nitrogen and oxygen atoms in total. The standard InChI is InChI=1S/C15H24N2O/c1-17-8-3-6-12(7-9-17)13-4-2-5-14(10-13)15(16)11-18/h2,4-5,10,12,15,18H,3,6-9,11,16H2,1H3. The van der Waals surface area contributed by atoms with Gasteiger partial charge in [0.05, 0.1) is 12.6 Å². The molecular weight excluding hydrogens is 224 g/mol. The van der Waals surface area contributed by atoms with Crippen LogP contribution in [0.2, 0.25) is 0 Å². The second-order valence-electron chi connectivity index (χ2n) is 5.39. The smallest absolute Gasteiger partial charge is 0.0624 e. The van der Waals surface area contributed by atoms with Crippen LogP contribution in [0.1, 0.15) is 42.3 Å². The van der Waals surface area contributed by atoms with E-state index in [1.54, 1.807) is 0 Å². The predicted octanol–water partition coefficient (Wildman–Crippen LogP) is 1.88. The second kappa shape index (κ2) is 6.32. The minimum atomic E-state index is -0.251. The van der Waals surface area contributed by atoms with Gasteiger partial charge >= 0.3 is 0 Å². The maximum atomic E-state index is 9.14. The van der Waals surface area contributed by atoms with Gasteiger partial charge in [0.1, 0.15) is 0 Å². The Morgan fingerprint density at radius 3 is 3.00 bits per heavy atom. The lowest BCUT2D eigenvalue weighted by Crippen LogP contribution is -2.18. The third kappa shape index (κ3) is 3.31. The van der Waals surface area contributed by atoms with Gasteiger partial charge in [-0.05, 0) is 56.4 Å². The molecule has 18 heavy (non-hydrogen) atoms. The SMILES string of the molecule is CN1CCCC(c2cccc(C(N)CO)c2)CC1. The Labute approximate surface area is 110 Å². The van der Waals surface area contributed by atoms with E-state index in [1.807, 2.05) is 6.07 Å². The fraction of sp³-hybridized carbons (Fsp3) is 0.600. The van der Waals surface area contributed by atoms with E-state index in [-0.39, 0.29) is 12.6 Å². The van der Waals surface area contributed by atoms with Gasteiger partial charge in [0.2, 0.25) is 0 Å². The van der Waals surface area contributed by atoms with Crippen LogP contribution in [-0.4, -0.2) is 36.8 Å². The Kier molecular flexibility index (Phi) is 4.75. The highest BCUT2D eigenvalue weighted by atomic mass is 16.3. The van der Waals surface area contributed by atoms with Crippen molar-refractivity contribution in [1.29, 1.82) is 0 Å². The second-order valence-corrected chi connectivity index (χ2v) is 5.39. The first-order chi connectivity index (χ1) is 8.70. The number of nitrogens with two attached hydrogens (primary N) is 1. The molecule has 1 aliphatic rings. The number of likely N-dealkylation sites (tertiary alicyclic amines) is 1. The molecule has 1 aromatic carbocycles. The van der Waals surface area contributed by atoms with Crippen molar-refractivity contribution in [2.75, 3.05) is 26.7 Å². The zero-order chi connectivity index (χ0) is 13.0. The van der Waals surface area contributed by atoms with Crippen LogP contribution in [0.3, 0.4) is 0 Å². The molecule has 1 fully saturated rings. The number of hydrogen-bond donors (Lipinski definition) is 2. The van der Waals surface area contributed by atoms with Crippen LogP contribution in [0.15, 0.2) is 24.3 Å². The van der Waals surface area contributed by atoms with Gasteiger partial charge in [0.25, 0.3) is 0 Å². The molecule has 1 saturated heterocycles. The molecule has 0 radical (unpaired) electrons. The van der Waals surface area contributed by atoms with Crippen LogP contribution >= 0.6 is 0 Å². The molecule has 1 aromatic rings. The Hall–Kier alpha value is -0.900. The summed E-state index contributed by atoms with van der Waals surface area (Å²) in [5.41, 5.74) is 8.32. The molecule has 2 unspecified atom stereocenters. The number of aliphatic hydroxyl groups is 1. The van der Waals surface area contributed by atoms with Crippen molar-refractivity contribution >= 4 is 0 Å². The van der Waals surface area contributed by atoms with Crippen LogP contribution in [0.4, 0.5) is 0 Å². The lowest BCUT2D eigenvalue weighted by atomic mass is 9.90. The molecular formula is C15H24N2O. The molecule has 0 bridgehead atoms. The fourth-order valence-corrected chi connectivity index (χ4v) is 2.72. The van der Waals surface area contributed by atoms with Crippen LogP contribution in [0.25, 0.3) is 0 Å². The third-order valence-electron chi connectivity index (χ3n) is 3.96. The molecule has 0 amide bonds. The van der Waals surface area contributed by atoms with E-state index in [4.69, 9.17) is 10.8 Å². The van der Waals surface area contributed by atoms with Gasteiger partial charge in [0.15, 0.2) is 0 Å². The first-order valence-corrected chi connectivity index (χ1v) is 6.85. The molecule has 2 atom stereocenters. The van der Waals surface area contributed by atoms with Gasteiger partial charge in [-0.1, -0.05) is 24.3 Å². The summed E-state index contributed by atoms with van der Waals surface area (Å²) in [5, 5.41) is 9.14. The summed E-state index contributed by atoms with van der Waals surface area (Å²) in [6.07, 6.45) is 3.73. The number of benzene rings is 1. The van der Waals surface area contributed by atoms with Crippen molar-refractivity contribution in [2.24, 2.45) is 5.73 Å². The zero-order valence-electron chi connectivity index (χ0n) is 11.2. The molecule has 0 aromatic heterocycles. The van der Waals surface area contributed by atoms with Gasteiger partial charge in [-0.3, -0.25) is 0 Å². The van der Waals surface area contributed by atoms with Gasteiger partial charge in [-0.25, -0.2) is 0 Å². The summed E-state index contributed by atoms with van der Waals surface area (Å²) >= 11 is 0. The molecule has 2 rings (SSSR count). The number of aliphatic hydroxyl groups excluding tert-OH is 1. The highest BCUT2D eigenvalue weighted by Crippen LogP contribution is 2.29. The average molecular weight is 248 g/mol. The van der Waals surface area contributed by atoms with E-state index in [9.17, 15) is 0 Å². The van der Waals surface area contributed by atoms with E-state index in [0.29, 0.717) is 5.92 Å². The van der Waals surface area contributed by atoms with Crippen molar-refractivity contribution < 1.29 is 5.11 Å². The Balaban J connectivity index is 2.12. The Morgan fingerprint density at radius 2 is 2.22 bits per heavy atom. The summed E-state index contributed by atoms with van der Waals surface area (Å²) < 4.78 is 0. The summed E-state index contributed by atoms with van der Waals surface area (Å²) in [5.74, 6) is 0.640. The van der Waals surface area contributed by atoms with Crippen molar-refractivity contribution in [1.82, 2.24) is 4.90 Å². The molecule has 0 aliphatic carbocycles. The summed E-state index contributed by atoms with van der Waals surface area (Å²) in [7, 11) is 2.19. The van der Waals surface area contributed by atoms with Gasteiger partial charge < -0.3 is 15.7 Å². The molecule has 1 heterocycles. The monoisotopic (exact) mass is 248 g/mol. The molecule has 3 N–H and O–H groups in total. The average Bonchev–Trinajstić information content (AvgIpc) is 2.63. The molecule has 3 heteroatoms. The fourth-order valence-electron chi connectivity index (χ4n) is 2.72. The molecule has 0 saturated carbocycles. The highest BCUT2D eigenvalue weighted by Gasteiger charge is 2.17. The lowest BCUT2D eigenvalue weighted by molar-refractivity contribution is 0.268. The van der Waals surface area contributed by atoms with E-state index in [2.05, 4.69) is 30.1 Å². The number of nitrogens with zero attached hydrogens (tertiary/aromatic N) is 1. The van der Waals surface area contributed by atoms with Gasteiger partial charge in [-0.15, -0.1) is 0 Å². The van der Waals surface area contributed by atoms with Crippen molar-refractivity contribution in [3.8, 4) is 0 Å². The number of hydrogen-bond acceptors (Lipinski definition) is 3. The summed E-state index contributed by atoms with van der Waals surface area (Å²) in [6, 6.07) is 8.20. The summed E-state index contributed by atoms with van der Waals surface area (Å²) in [4.78, 5) is 2.41. The van der Waals surface area contributed by atoms with E-state index in [0.717, 1.165) is 5.56 Å². The molecule has 1 aliphatic heterocycles. The quantitative estimate of drug-likeness (QED) is 0.858. The van der Waals surface area contributed by atoms with E-state index in [1.165, 1.54) is 37.9 Å². The van der Waals surface area contributed by atoms with Crippen molar-refractivity contribution in [3.05, 3.63) is 35.4 Å². The van der Waals surface area contributed by atoms with Gasteiger partial charge in [0, 0.05) is 0 Å². The third-order valence-corrected chi connectivity index (χ3v) is 3.96. The summed E-state index contributed by atoms with van der Waals surface area (Å²) in [6.45, 7) is 2.38. The largest absolute Gasteiger partial charge is 0.394 e. The maximum absolute atomic E-state index is 9.14. The van der Waals surface area contributed by atoms with Crippen LogP contribution in [0.5, 0.6) is 0 Å². The van der Waals surface area contributed by atoms with E-state index >= 15 is 0 Å². The van der Waals surface area contributed by atoms with Crippen molar-refractivity contribution in [3.63, 3.8) is 0 Å². The van der Waals surface area contributed by atoms with Crippen LogP contribution < -0.4 is 5.73 Å². The van der Waals surface area contributed by atoms with Gasteiger partial charge in [-0.2, -0.15) is 0 Å². The predicted molar refractivity (Wildman–Crippen MR) is 74.5 cm³/mol. The van der Waals surface area contributed by atoms with Crippen LogP contribution in [-0.2, 0) is 0 Å². The minimum Gasteiger partial charge on any atom is -0.394 e. The normalized spacial score (nSPS) is 23.6. The van der Waals surface area contributed by atoms with E-state index < -0.39 is 0 Å². The first-order valence-electron chi connectivity index (χ1n) is 6.85. The Morgan fingerprint density at radius 1 is 1.39 bits per heavy atom. The van der Waals surface area contributed by atoms with Crippen LogP contribution in [0, 0.1) is 0 Å². The zero-order valence-corrected chi connectivity index (χ0v) is 11.2. The lowest BCUT2D eigenvalue weighted by Gasteiger charge is -2.17. The maximum Gasteiger partial charge on any atom is 0.0624 e. The Bertz CT molecular complexity index is 381. The minimum absolute atomic E-state index is 0.0108. The highest BCUT2D eigenvalue weighted by molar-refractivity contribution is 5.28. The molecule has 100 valence electrons.